The molecule has 0 atom stereocenters. The van der Waals surface area contributed by atoms with Gasteiger partial charge < -0.3 is 15.6 Å². The molecule has 0 fully saturated rings. The molecule has 4 heteroatoms. The molecule has 0 saturated carbocycles. The number of hydrogen-bond donors (Lipinski definition) is 2. The molecule has 0 saturated heterocycles. The van der Waals surface area contributed by atoms with Crippen LogP contribution < -0.4 is 10.5 Å². The van der Waals surface area contributed by atoms with Crippen molar-refractivity contribution in [1.29, 1.82) is 0 Å². The number of aliphatic carboxylic acids is 1. The fraction of sp³-hybridized carbons (Fsp3) is 0.182. The van der Waals surface area contributed by atoms with Crippen LogP contribution in [0.15, 0.2) is 18.2 Å². The van der Waals surface area contributed by atoms with Gasteiger partial charge in [0, 0.05) is 5.56 Å². The van der Waals surface area contributed by atoms with E-state index >= 15 is 0 Å². The molecule has 0 bridgehead atoms. The Morgan fingerprint density at radius 3 is 2.93 bits per heavy atom. The monoisotopic (exact) mass is 205 g/mol. The van der Waals surface area contributed by atoms with E-state index in [4.69, 9.17) is 15.6 Å². The van der Waals surface area contributed by atoms with Crippen LogP contribution in [0.5, 0.6) is 5.75 Å². The third-order valence-electron chi connectivity index (χ3n) is 1.71. The van der Waals surface area contributed by atoms with Crippen molar-refractivity contribution in [2.45, 2.75) is 6.42 Å². The van der Waals surface area contributed by atoms with Crippen LogP contribution >= 0.6 is 0 Å². The van der Waals surface area contributed by atoms with Crippen molar-refractivity contribution in [1.82, 2.24) is 0 Å². The van der Waals surface area contributed by atoms with Crippen molar-refractivity contribution in [3.05, 3.63) is 23.8 Å². The Labute approximate surface area is 87.7 Å². The lowest BCUT2D eigenvalue weighted by Gasteiger charge is -2.03. The van der Waals surface area contributed by atoms with Gasteiger partial charge in [0.1, 0.15) is 12.2 Å². The standard InChI is InChI=1S/C11H11NO3/c1-15-10-7-8(5-6-9(10)12)3-2-4-11(13)14/h5-7H,4,12H2,1H3,(H,13,14). The maximum atomic E-state index is 10.2. The molecular formula is C11H11NO3. The van der Waals surface area contributed by atoms with Crippen LogP contribution in [0.25, 0.3) is 0 Å². The van der Waals surface area contributed by atoms with Gasteiger partial charge in [-0.1, -0.05) is 11.8 Å². The van der Waals surface area contributed by atoms with Crippen molar-refractivity contribution in [2.75, 3.05) is 12.8 Å². The molecule has 1 aromatic rings. The number of anilines is 1. The molecule has 0 aromatic heterocycles. The molecular weight excluding hydrogens is 194 g/mol. The summed E-state index contributed by atoms with van der Waals surface area (Å²) >= 11 is 0. The van der Waals surface area contributed by atoms with Gasteiger partial charge >= 0.3 is 5.97 Å². The zero-order valence-electron chi connectivity index (χ0n) is 8.28. The van der Waals surface area contributed by atoms with Gasteiger partial charge in [-0.15, -0.1) is 0 Å². The minimum atomic E-state index is -0.940. The van der Waals surface area contributed by atoms with E-state index in [-0.39, 0.29) is 6.42 Å². The number of nitrogens with two attached hydrogens (primary N) is 1. The average molecular weight is 205 g/mol. The normalized spacial score (nSPS) is 8.87. The van der Waals surface area contributed by atoms with E-state index < -0.39 is 5.97 Å². The summed E-state index contributed by atoms with van der Waals surface area (Å²) in [5.74, 6) is 4.84. The number of benzene rings is 1. The average Bonchev–Trinajstić information content (AvgIpc) is 2.20. The summed E-state index contributed by atoms with van der Waals surface area (Å²) in [5, 5.41) is 8.39. The van der Waals surface area contributed by atoms with Crippen molar-refractivity contribution in [2.24, 2.45) is 0 Å². The molecule has 0 aliphatic carbocycles. The van der Waals surface area contributed by atoms with Gasteiger partial charge in [0.2, 0.25) is 0 Å². The summed E-state index contributed by atoms with van der Waals surface area (Å²) in [7, 11) is 1.51. The van der Waals surface area contributed by atoms with Gasteiger partial charge in [-0.05, 0) is 18.2 Å². The largest absolute Gasteiger partial charge is 0.495 e. The first kappa shape index (κ1) is 10.9. The Hall–Kier alpha value is -2.15. The van der Waals surface area contributed by atoms with Crippen LogP contribution in [0.4, 0.5) is 5.69 Å². The number of ether oxygens (including phenoxy) is 1. The van der Waals surface area contributed by atoms with E-state index in [2.05, 4.69) is 11.8 Å². The Morgan fingerprint density at radius 2 is 2.33 bits per heavy atom. The Balaban J connectivity index is 2.85. The highest BCUT2D eigenvalue weighted by atomic mass is 16.5. The van der Waals surface area contributed by atoms with E-state index in [1.165, 1.54) is 7.11 Å². The van der Waals surface area contributed by atoms with Gasteiger partial charge in [0.05, 0.1) is 12.8 Å². The molecule has 3 N–H and O–H groups in total. The summed E-state index contributed by atoms with van der Waals surface area (Å²) in [4.78, 5) is 10.2. The third-order valence-corrected chi connectivity index (χ3v) is 1.71. The molecule has 0 radical (unpaired) electrons. The zero-order valence-corrected chi connectivity index (χ0v) is 8.28. The lowest BCUT2D eigenvalue weighted by Crippen LogP contribution is -1.93. The first-order chi connectivity index (χ1) is 7.13. The SMILES string of the molecule is COc1cc(C#CCC(=O)O)ccc1N. The minimum absolute atomic E-state index is 0.174. The number of carboxylic acid groups (broad SMARTS) is 1. The number of carbonyl (C=O) groups is 1. The second-order valence-electron chi connectivity index (χ2n) is 2.83. The van der Waals surface area contributed by atoms with Crippen molar-refractivity contribution < 1.29 is 14.6 Å². The molecule has 78 valence electrons. The summed E-state index contributed by atoms with van der Waals surface area (Å²) < 4.78 is 5.00. The number of methoxy groups -OCH3 is 1. The predicted molar refractivity (Wildman–Crippen MR) is 56.5 cm³/mol. The molecule has 0 amide bonds. The third kappa shape index (κ3) is 3.24. The molecule has 0 aliphatic rings. The number of carboxylic acids is 1. The zero-order chi connectivity index (χ0) is 11.3. The van der Waals surface area contributed by atoms with Crippen molar-refractivity contribution in [3.8, 4) is 17.6 Å². The van der Waals surface area contributed by atoms with Gasteiger partial charge in [-0.3, -0.25) is 4.79 Å². The van der Waals surface area contributed by atoms with Crippen molar-refractivity contribution in [3.63, 3.8) is 0 Å². The van der Waals surface area contributed by atoms with Crippen LogP contribution in [0.1, 0.15) is 12.0 Å². The quantitative estimate of drug-likeness (QED) is 0.560. The predicted octanol–water partition coefficient (Wildman–Crippen LogP) is 1.10. The van der Waals surface area contributed by atoms with E-state index in [0.717, 1.165) is 0 Å². The maximum absolute atomic E-state index is 10.2. The number of rotatable bonds is 2. The second kappa shape index (κ2) is 4.91. The van der Waals surface area contributed by atoms with Crippen LogP contribution in [0.2, 0.25) is 0 Å². The van der Waals surface area contributed by atoms with Crippen molar-refractivity contribution >= 4 is 11.7 Å². The Morgan fingerprint density at radius 1 is 1.60 bits per heavy atom. The van der Waals surface area contributed by atoms with E-state index in [9.17, 15) is 4.79 Å². The summed E-state index contributed by atoms with van der Waals surface area (Å²) in [6, 6.07) is 5.06. The highest BCUT2D eigenvalue weighted by Crippen LogP contribution is 2.21. The Bertz CT molecular complexity index is 429. The lowest BCUT2D eigenvalue weighted by atomic mass is 10.2. The molecule has 15 heavy (non-hydrogen) atoms. The van der Waals surface area contributed by atoms with Crippen LogP contribution in [-0.2, 0) is 4.79 Å². The molecule has 1 aromatic carbocycles. The van der Waals surface area contributed by atoms with E-state index in [0.29, 0.717) is 17.0 Å². The molecule has 0 spiro atoms. The molecule has 0 aliphatic heterocycles. The van der Waals surface area contributed by atoms with Gasteiger partial charge in [-0.2, -0.15) is 0 Å². The number of hydrogen-bond acceptors (Lipinski definition) is 3. The highest BCUT2D eigenvalue weighted by molar-refractivity contribution is 5.70. The lowest BCUT2D eigenvalue weighted by molar-refractivity contribution is -0.135. The van der Waals surface area contributed by atoms with E-state index in [1.54, 1.807) is 18.2 Å². The molecule has 1 rings (SSSR count). The van der Waals surface area contributed by atoms with Gasteiger partial charge in [0.25, 0.3) is 0 Å². The first-order valence-electron chi connectivity index (χ1n) is 4.27. The minimum Gasteiger partial charge on any atom is -0.495 e. The number of nitrogen functional groups attached to an aromatic ring is 1. The smallest absolute Gasteiger partial charge is 0.315 e. The molecule has 4 nitrogen and oxygen atoms in total. The maximum Gasteiger partial charge on any atom is 0.315 e. The fourth-order valence-electron chi connectivity index (χ4n) is 1.01. The second-order valence-corrected chi connectivity index (χ2v) is 2.83. The van der Waals surface area contributed by atoms with Gasteiger partial charge in [0.15, 0.2) is 0 Å². The van der Waals surface area contributed by atoms with Crippen LogP contribution in [0, 0.1) is 11.8 Å². The first-order valence-corrected chi connectivity index (χ1v) is 4.27. The highest BCUT2D eigenvalue weighted by Gasteiger charge is 1.98. The Kier molecular flexibility index (Phi) is 3.58. The summed E-state index contributed by atoms with van der Waals surface area (Å²) in [5.41, 5.74) is 6.82. The van der Waals surface area contributed by atoms with Crippen LogP contribution in [0.3, 0.4) is 0 Å². The topological polar surface area (TPSA) is 72.5 Å². The van der Waals surface area contributed by atoms with Gasteiger partial charge in [-0.25, -0.2) is 0 Å². The molecule has 0 heterocycles. The molecule has 0 unspecified atom stereocenters. The summed E-state index contributed by atoms with van der Waals surface area (Å²) in [6.45, 7) is 0. The van der Waals surface area contributed by atoms with Crippen LogP contribution in [-0.4, -0.2) is 18.2 Å². The van der Waals surface area contributed by atoms with E-state index in [1.807, 2.05) is 0 Å². The summed E-state index contributed by atoms with van der Waals surface area (Å²) in [6.07, 6.45) is -0.174. The fourth-order valence-corrected chi connectivity index (χ4v) is 1.01.